The second-order valence-electron chi connectivity index (χ2n) is 10.8. The minimum Gasteiger partial charge on any atom is -0.466 e. The predicted octanol–water partition coefficient (Wildman–Crippen LogP) is 4.09. The van der Waals surface area contributed by atoms with Crippen molar-refractivity contribution in [1.29, 1.82) is 0 Å². The van der Waals surface area contributed by atoms with E-state index in [2.05, 4.69) is 23.6 Å². The Morgan fingerprint density at radius 3 is 1.97 bits per heavy atom. The van der Waals surface area contributed by atoms with Gasteiger partial charge in [0.1, 0.15) is 5.60 Å². The first-order valence-electron chi connectivity index (χ1n) is 12.7. The van der Waals surface area contributed by atoms with Crippen molar-refractivity contribution in [3.8, 4) is 0 Å². The van der Waals surface area contributed by atoms with Gasteiger partial charge in [-0.1, -0.05) is 0 Å². The molecule has 0 amide bonds. The van der Waals surface area contributed by atoms with Crippen LogP contribution in [0.3, 0.4) is 0 Å². The highest BCUT2D eigenvalue weighted by Gasteiger charge is 2.59. The summed E-state index contributed by atoms with van der Waals surface area (Å²) in [6, 6.07) is 0.461. The molecule has 2 saturated heterocycles. The van der Waals surface area contributed by atoms with Crippen LogP contribution in [0.1, 0.15) is 92.9 Å². The molecule has 0 radical (unpaired) electrons. The summed E-state index contributed by atoms with van der Waals surface area (Å²) in [6.45, 7) is 14.1. The number of hydrogen-bond acceptors (Lipinski definition) is 7. The van der Waals surface area contributed by atoms with E-state index < -0.39 is 11.4 Å². The third-order valence-electron chi connectivity index (χ3n) is 7.13. The number of carbonyl (C=O) groups is 2. The van der Waals surface area contributed by atoms with E-state index in [0.29, 0.717) is 6.61 Å². The fraction of sp³-hybridized carbons (Fsp3) is 0.920. The van der Waals surface area contributed by atoms with Crippen molar-refractivity contribution in [2.24, 2.45) is 5.92 Å². The first-order chi connectivity index (χ1) is 15.1. The van der Waals surface area contributed by atoms with Crippen molar-refractivity contribution < 1.29 is 23.8 Å². The fourth-order valence-electron chi connectivity index (χ4n) is 5.65. The maximum Gasteiger partial charge on any atom is 0.371 e. The molecule has 0 aromatic carbocycles. The van der Waals surface area contributed by atoms with Crippen LogP contribution in [0.4, 0.5) is 0 Å². The number of carbonyl (C=O) groups excluding carboxylic acids is 2. The fourth-order valence-corrected chi connectivity index (χ4v) is 5.65. The van der Waals surface area contributed by atoms with Crippen LogP contribution in [0, 0.1) is 5.92 Å². The van der Waals surface area contributed by atoms with E-state index in [1.54, 1.807) is 0 Å². The molecular weight excluding hydrogens is 408 g/mol. The molecule has 2 heterocycles. The largest absolute Gasteiger partial charge is 0.466 e. The molecule has 0 bridgehead atoms. The Labute approximate surface area is 194 Å². The van der Waals surface area contributed by atoms with Crippen molar-refractivity contribution in [3.05, 3.63) is 0 Å². The van der Waals surface area contributed by atoms with Crippen molar-refractivity contribution in [1.82, 2.24) is 9.80 Å². The van der Waals surface area contributed by atoms with Gasteiger partial charge in [0.15, 0.2) is 0 Å². The minimum absolute atomic E-state index is 0.0675. The normalized spacial score (nSPS) is 31.9. The van der Waals surface area contributed by atoms with Crippen LogP contribution in [0.5, 0.6) is 0 Å². The smallest absolute Gasteiger partial charge is 0.371 e. The summed E-state index contributed by atoms with van der Waals surface area (Å²) in [4.78, 5) is 30.7. The molecule has 3 rings (SSSR count). The molecule has 3 fully saturated rings. The highest BCUT2D eigenvalue weighted by Crippen LogP contribution is 2.41. The van der Waals surface area contributed by atoms with Gasteiger partial charge in [-0.05, 0) is 92.9 Å². The summed E-state index contributed by atoms with van der Waals surface area (Å²) in [6.07, 6.45) is 7.07. The summed E-state index contributed by atoms with van der Waals surface area (Å²) >= 11 is 0. The summed E-state index contributed by atoms with van der Waals surface area (Å²) in [5.41, 5.74) is -0.598. The Morgan fingerprint density at radius 2 is 1.47 bits per heavy atom. The van der Waals surface area contributed by atoms with E-state index in [0.717, 1.165) is 64.5 Å². The van der Waals surface area contributed by atoms with Crippen LogP contribution in [-0.4, -0.2) is 71.1 Å². The average Bonchev–Trinajstić information content (AvgIpc) is 3.36. The molecule has 32 heavy (non-hydrogen) atoms. The number of esters is 2. The summed E-state index contributed by atoms with van der Waals surface area (Å²) < 4.78 is 18.2. The average molecular weight is 453 g/mol. The van der Waals surface area contributed by atoms with Gasteiger partial charge in [-0.3, -0.25) is 9.69 Å². The van der Waals surface area contributed by atoms with Crippen molar-refractivity contribution >= 4 is 11.9 Å². The van der Waals surface area contributed by atoms with E-state index >= 15 is 0 Å². The predicted molar refractivity (Wildman–Crippen MR) is 123 cm³/mol. The zero-order valence-electron chi connectivity index (χ0n) is 21.0. The van der Waals surface area contributed by atoms with Crippen LogP contribution in [0.2, 0.25) is 0 Å². The van der Waals surface area contributed by atoms with Gasteiger partial charge in [0.05, 0.1) is 18.6 Å². The van der Waals surface area contributed by atoms with Crippen molar-refractivity contribution in [2.45, 2.75) is 123 Å². The molecule has 1 aliphatic carbocycles. The molecule has 1 saturated carbocycles. The molecule has 1 unspecified atom stereocenters. The lowest BCUT2D eigenvalue weighted by molar-refractivity contribution is -0.285. The topological polar surface area (TPSA) is 68.3 Å². The molecule has 0 spiro atoms. The van der Waals surface area contributed by atoms with Gasteiger partial charge in [0.2, 0.25) is 0 Å². The summed E-state index contributed by atoms with van der Waals surface area (Å²) in [5.74, 6) is -1.67. The molecule has 3 aliphatic rings. The monoisotopic (exact) mass is 452 g/mol. The molecular formula is C25H44N2O5. The van der Waals surface area contributed by atoms with Gasteiger partial charge < -0.3 is 14.2 Å². The van der Waals surface area contributed by atoms with Gasteiger partial charge in [-0.2, -0.15) is 0 Å². The molecule has 0 N–H and O–H groups in total. The number of hydrogen-bond donors (Lipinski definition) is 0. The molecule has 3 atom stereocenters. The first kappa shape index (κ1) is 25.4. The maximum absolute atomic E-state index is 14.0. The highest BCUT2D eigenvalue weighted by molar-refractivity contribution is 5.79. The van der Waals surface area contributed by atoms with Crippen LogP contribution in [0.15, 0.2) is 0 Å². The number of likely N-dealkylation sites (tertiary alicyclic amines) is 2. The second-order valence-corrected chi connectivity index (χ2v) is 10.8. The Morgan fingerprint density at radius 1 is 0.906 bits per heavy atom. The van der Waals surface area contributed by atoms with Crippen LogP contribution in [-0.2, 0) is 23.8 Å². The summed E-state index contributed by atoms with van der Waals surface area (Å²) in [5, 5.41) is 0. The number of rotatable bonds is 7. The molecule has 7 nitrogen and oxygen atoms in total. The third-order valence-corrected chi connectivity index (χ3v) is 7.13. The van der Waals surface area contributed by atoms with E-state index in [1.807, 2.05) is 27.7 Å². The SMILES string of the molecule is CCOC(=O)C1CCC(OC(C(=O)OC(C)(C)C)(N2CCCC2)N2[C@H](C)CC[C@H]2C)CC1. The van der Waals surface area contributed by atoms with E-state index in [-0.39, 0.29) is 36.0 Å². The second kappa shape index (κ2) is 10.4. The zero-order valence-corrected chi connectivity index (χ0v) is 21.0. The minimum atomic E-state index is -1.21. The van der Waals surface area contributed by atoms with Crippen LogP contribution < -0.4 is 0 Å². The number of ether oxygens (including phenoxy) is 3. The van der Waals surface area contributed by atoms with Gasteiger partial charge in [-0.25, -0.2) is 9.69 Å². The number of nitrogens with zero attached hydrogens (tertiary/aromatic N) is 2. The molecule has 2 aliphatic heterocycles. The van der Waals surface area contributed by atoms with E-state index in [9.17, 15) is 9.59 Å². The van der Waals surface area contributed by atoms with E-state index in [4.69, 9.17) is 14.2 Å². The van der Waals surface area contributed by atoms with Crippen molar-refractivity contribution in [3.63, 3.8) is 0 Å². The zero-order chi connectivity index (χ0) is 23.5. The van der Waals surface area contributed by atoms with Crippen LogP contribution >= 0.6 is 0 Å². The van der Waals surface area contributed by atoms with Gasteiger partial charge in [0, 0.05) is 25.2 Å². The maximum atomic E-state index is 14.0. The molecule has 0 aromatic heterocycles. The quantitative estimate of drug-likeness (QED) is 0.539. The third kappa shape index (κ3) is 5.48. The highest BCUT2D eigenvalue weighted by atomic mass is 16.6. The molecule has 184 valence electrons. The Kier molecular flexibility index (Phi) is 8.26. The van der Waals surface area contributed by atoms with Gasteiger partial charge in [-0.15, -0.1) is 0 Å². The van der Waals surface area contributed by atoms with Gasteiger partial charge >= 0.3 is 11.9 Å². The van der Waals surface area contributed by atoms with Crippen LogP contribution in [0.25, 0.3) is 0 Å². The lowest BCUT2D eigenvalue weighted by atomic mass is 9.87. The standard InChI is InChI=1S/C25H44N2O5/c1-7-30-22(28)20-12-14-21(15-13-20)31-25(26-16-8-9-17-26,23(29)32-24(4,5)6)27-18(2)10-11-19(27)3/h18-21H,7-17H2,1-6H3/t18-,19-,20?,21?,25?/m1/s1. The Balaban J connectivity index is 1.89. The van der Waals surface area contributed by atoms with E-state index in [1.165, 1.54) is 0 Å². The Bertz CT molecular complexity index is 639. The molecule has 7 heteroatoms. The first-order valence-corrected chi connectivity index (χ1v) is 12.7. The summed E-state index contributed by atoms with van der Waals surface area (Å²) in [7, 11) is 0. The van der Waals surface area contributed by atoms with Crippen molar-refractivity contribution in [2.75, 3.05) is 19.7 Å². The van der Waals surface area contributed by atoms with Gasteiger partial charge in [0.25, 0.3) is 5.85 Å². The lowest BCUT2D eigenvalue weighted by Gasteiger charge is -2.51. The Hall–Kier alpha value is -1.18. The lowest BCUT2D eigenvalue weighted by Crippen LogP contribution is -2.70. The molecule has 0 aromatic rings.